The van der Waals surface area contributed by atoms with Crippen molar-refractivity contribution < 1.29 is 13.9 Å². The highest BCUT2D eigenvalue weighted by atomic mass is 19.1. The predicted octanol–water partition coefficient (Wildman–Crippen LogP) is 0.664. The first-order valence-electron chi connectivity index (χ1n) is 5.02. The standard InChI is InChI=1S/C11H13FN2O2/c1-16-10-3-2-6(4-7(10)12)11(15)14-9-5-8(9)13/h2-4,8-9H,5,13H2,1H3,(H,14,15). The van der Waals surface area contributed by atoms with Crippen LogP contribution in [-0.4, -0.2) is 25.1 Å². The van der Waals surface area contributed by atoms with E-state index in [0.717, 1.165) is 12.5 Å². The second kappa shape index (κ2) is 4.09. The van der Waals surface area contributed by atoms with Crippen molar-refractivity contribution in [1.82, 2.24) is 5.32 Å². The second-order valence-corrected chi connectivity index (χ2v) is 3.83. The van der Waals surface area contributed by atoms with Gasteiger partial charge in [-0.2, -0.15) is 0 Å². The van der Waals surface area contributed by atoms with E-state index in [0.29, 0.717) is 0 Å². The third-order valence-corrected chi connectivity index (χ3v) is 2.57. The highest BCUT2D eigenvalue weighted by molar-refractivity contribution is 5.94. The molecule has 1 aromatic carbocycles. The number of halogens is 1. The number of carbonyl (C=O) groups is 1. The van der Waals surface area contributed by atoms with Crippen LogP contribution in [-0.2, 0) is 0 Å². The number of carbonyl (C=O) groups excluding carboxylic acids is 1. The summed E-state index contributed by atoms with van der Waals surface area (Å²) in [6.07, 6.45) is 0.782. The van der Waals surface area contributed by atoms with Crippen molar-refractivity contribution in [3.63, 3.8) is 0 Å². The first-order chi connectivity index (χ1) is 7.61. The van der Waals surface area contributed by atoms with Gasteiger partial charge in [0.1, 0.15) is 0 Å². The summed E-state index contributed by atoms with van der Waals surface area (Å²) in [6.45, 7) is 0. The molecule has 0 aromatic heterocycles. The molecule has 0 saturated heterocycles. The molecular weight excluding hydrogens is 211 g/mol. The van der Waals surface area contributed by atoms with Gasteiger partial charge in [-0.3, -0.25) is 4.79 Å². The highest BCUT2D eigenvalue weighted by Crippen LogP contribution is 2.20. The molecule has 1 aliphatic carbocycles. The molecule has 1 amide bonds. The average molecular weight is 224 g/mol. The molecule has 0 bridgehead atoms. The van der Waals surface area contributed by atoms with Gasteiger partial charge >= 0.3 is 0 Å². The average Bonchev–Trinajstić information content (AvgIpc) is 2.94. The van der Waals surface area contributed by atoms with Gasteiger partial charge in [-0.1, -0.05) is 0 Å². The number of hydrogen-bond donors (Lipinski definition) is 2. The van der Waals surface area contributed by atoms with E-state index in [2.05, 4.69) is 5.32 Å². The van der Waals surface area contributed by atoms with Crippen LogP contribution in [0.3, 0.4) is 0 Å². The van der Waals surface area contributed by atoms with Crippen molar-refractivity contribution in [3.8, 4) is 5.75 Å². The van der Waals surface area contributed by atoms with Crippen molar-refractivity contribution in [3.05, 3.63) is 29.6 Å². The van der Waals surface area contributed by atoms with Crippen molar-refractivity contribution in [2.24, 2.45) is 5.73 Å². The molecule has 0 radical (unpaired) electrons. The van der Waals surface area contributed by atoms with Gasteiger partial charge in [0, 0.05) is 17.6 Å². The topological polar surface area (TPSA) is 64.3 Å². The molecule has 86 valence electrons. The normalized spacial score (nSPS) is 22.7. The summed E-state index contributed by atoms with van der Waals surface area (Å²) >= 11 is 0. The van der Waals surface area contributed by atoms with Crippen LogP contribution >= 0.6 is 0 Å². The van der Waals surface area contributed by atoms with E-state index in [-0.39, 0.29) is 29.3 Å². The van der Waals surface area contributed by atoms with Crippen LogP contribution in [0.15, 0.2) is 18.2 Å². The molecule has 16 heavy (non-hydrogen) atoms. The Labute approximate surface area is 92.6 Å². The lowest BCUT2D eigenvalue weighted by molar-refractivity contribution is 0.0950. The first kappa shape index (κ1) is 10.9. The van der Waals surface area contributed by atoms with Gasteiger partial charge in [-0.25, -0.2) is 4.39 Å². The lowest BCUT2D eigenvalue weighted by Gasteiger charge is -2.06. The van der Waals surface area contributed by atoms with Crippen LogP contribution in [0.25, 0.3) is 0 Å². The molecule has 4 nitrogen and oxygen atoms in total. The summed E-state index contributed by atoms with van der Waals surface area (Å²) in [4.78, 5) is 11.6. The fraction of sp³-hybridized carbons (Fsp3) is 0.364. The van der Waals surface area contributed by atoms with Crippen molar-refractivity contribution >= 4 is 5.91 Å². The van der Waals surface area contributed by atoms with E-state index in [1.54, 1.807) is 0 Å². The molecule has 1 saturated carbocycles. The molecule has 5 heteroatoms. The van der Waals surface area contributed by atoms with Crippen molar-refractivity contribution in [1.29, 1.82) is 0 Å². The van der Waals surface area contributed by atoms with E-state index in [1.165, 1.54) is 19.2 Å². The highest BCUT2D eigenvalue weighted by Gasteiger charge is 2.34. The zero-order valence-corrected chi connectivity index (χ0v) is 8.87. The Balaban J connectivity index is 2.08. The minimum atomic E-state index is -0.546. The smallest absolute Gasteiger partial charge is 0.251 e. The van der Waals surface area contributed by atoms with Crippen LogP contribution in [0.4, 0.5) is 4.39 Å². The summed E-state index contributed by atoms with van der Waals surface area (Å²) in [6, 6.07) is 4.16. The Hall–Kier alpha value is -1.62. The zero-order chi connectivity index (χ0) is 11.7. The first-order valence-corrected chi connectivity index (χ1v) is 5.02. The summed E-state index contributed by atoms with van der Waals surface area (Å²) in [5.74, 6) is -0.727. The summed E-state index contributed by atoms with van der Waals surface area (Å²) in [5, 5.41) is 2.71. The molecule has 0 aliphatic heterocycles. The van der Waals surface area contributed by atoms with Gasteiger partial charge in [0.05, 0.1) is 7.11 Å². The number of rotatable bonds is 3. The number of amides is 1. The quantitative estimate of drug-likeness (QED) is 0.792. The summed E-state index contributed by atoms with van der Waals surface area (Å²) in [7, 11) is 1.38. The molecule has 1 aliphatic rings. The van der Waals surface area contributed by atoms with Gasteiger partial charge in [-0.15, -0.1) is 0 Å². The zero-order valence-electron chi connectivity index (χ0n) is 8.87. The van der Waals surface area contributed by atoms with E-state index >= 15 is 0 Å². The molecule has 1 fully saturated rings. The summed E-state index contributed by atoms with van der Waals surface area (Å²) in [5.41, 5.74) is 5.83. The van der Waals surface area contributed by atoms with Crippen molar-refractivity contribution in [2.75, 3.05) is 7.11 Å². The van der Waals surface area contributed by atoms with Crippen molar-refractivity contribution in [2.45, 2.75) is 18.5 Å². The number of ether oxygens (including phenoxy) is 1. The maximum Gasteiger partial charge on any atom is 0.251 e. The van der Waals surface area contributed by atoms with Crippen LogP contribution in [0.1, 0.15) is 16.8 Å². The number of nitrogens with two attached hydrogens (primary N) is 1. The molecule has 2 unspecified atom stereocenters. The number of nitrogens with one attached hydrogen (secondary N) is 1. The predicted molar refractivity (Wildman–Crippen MR) is 56.8 cm³/mol. The second-order valence-electron chi connectivity index (χ2n) is 3.83. The number of methoxy groups -OCH3 is 1. The van der Waals surface area contributed by atoms with E-state index in [1.807, 2.05) is 0 Å². The van der Waals surface area contributed by atoms with E-state index in [9.17, 15) is 9.18 Å². The van der Waals surface area contributed by atoms with Gasteiger partial charge in [-0.05, 0) is 24.6 Å². The molecule has 3 N–H and O–H groups in total. The Morgan fingerprint density at radius 3 is 2.81 bits per heavy atom. The Kier molecular flexibility index (Phi) is 2.78. The third-order valence-electron chi connectivity index (χ3n) is 2.57. The Morgan fingerprint density at radius 1 is 1.62 bits per heavy atom. The van der Waals surface area contributed by atoms with Crippen LogP contribution in [0.2, 0.25) is 0 Å². The molecular formula is C11H13FN2O2. The minimum absolute atomic E-state index is 0.0256. The largest absolute Gasteiger partial charge is 0.494 e. The fourth-order valence-corrected chi connectivity index (χ4v) is 1.44. The van der Waals surface area contributed by atoms with E-state index < -0.39 is 5.82 Å². The molecule has 2 rings (SSSR count). The monoisotopic (exact) mass is 224 g/mol. The van der Waals surface area contributed by atoms with E-state index in [4.69, 9.17) is 10.5 Å². The van der Waals surface area contributed by atoms with Crippen LogP contribution in [0, 0.1) is 5.82 Å². The van der Waals surface area contributed by atoms with Crippen LogP contribution < -0.4 is 15.8 Å². The molecule has 2 atom stereocenters. The third kappa shape index (κ3) is 2.14. The van der Waals surface area contributed by atoms with Gasteiger partial charge < -0.3 is 15.8 Å². The van der Waals surface area contributed by atoms with Gasteiger partial charge in [0.25, 0.3) is 5.91 Å². The Morgan fingerprint density at radius 2 is 2.31 bits per heavy atom. The number of benzene rings is 1. The molecule has 0 heterocycles. The maximum atomic E-state index is 13.3. The Bertz CT molecular complexity index is 422. The molecule has 1 aromatic rings. The lowest BCUT2D eigenvalue weighted by Crippen LogP contribution is -2.29. The minimum Gasteiger partial charge on any atom is -0.494 e. The fourth-order valence-electron chi connectivity index (χ4n) is 1.44. The van der Waals surface area contributed by atoms with Crippen LogP contribution in [0.5, 0.6) is 5.75 Å². The SMILES string of the molecule is COc1ccc(C(=O)NC2CC2N)cc1F. The number of hydrogen-bond acceptors (Lipinski definition) is 3. The maximum absolute atomic E-state index is 13.3. The molecule has 0 spiro atoms. The lowest BCUT2D eigenvalue weighted by atomic mass is 10.2. The van der Waals surface area contributed by atoms with Gasteiger partial charge in [0.2, 0.25) is 0 Å². The van der Waals surface area contributed by atoms with Gasteiger partial charge in [0.15, 0.2) is 11.6 Å². The summed E-state index contributed by atoms with van der Waals surface area (Å²) < 4.78 is 18.1.